The van der Waals surface area contributed by atoms with E-state index < -0.39 is 33.0 Å². The highest BCUT2D eigenvalue weighted by Crippen LogP contribution is 2.31. The topological polar surface area (TPSA) is 149 Å². The molecular weight excluding hydrogens is 301 g/mol. The van der Waals surface area contributed by atoms with E-state index in [4.69, 9.17) is 19.9 Å². The smallest absolute Gasteiger partial charge is 0.280 e. The molecule has 0 bridgehead atoms. The fourth-order valence-electron chi connectivity index (χ4n) is 2.31. The SMILES string of the molecule is Nc1nc2c(ncn2[C@H]2C[C@@H](O)C(COPO)O2)c(=O)[nH]1. The van der Waals surface area contributed by atoms with E-state index >= 15 is 0 Å². The van der Waals surface area contributed by atoms with Crippen LogP contribution in [-0.2, 0) is 9.26 Å². The van der Waals surface area contributed by atoms with E-state index in [9.17, 15) is 9.90 Å². The lowest BCUT2D eigenvalue weighted by Gasteiger charge is -2.15. The number of nitrogens with one attached hydrogen (secondary N) is 1. The van der Waals surface area contributed by atoms with E-state index in [1.54, 1.807) is 4.57 Å². The summed E-state index contributed by atoms with van der Waals surface area (Å²) < 4.78 is 12.1. The Morgan fingerprint density at radius 2 is 2.48 bits per heavy atom. The first-order chi connectivity index (χ1) is 10.1. The number of ether oxygens (including phenoxy) is 1. The summed E-state index contributed by atoms with van der Waals surface area (Å²) in [6.07, 6.45) is -0.132. The Morgan fingerprint density at radius 1 is 1.67 bits per heavy atom. The van der Waals surface area contributed by atoms with Crippen LogP contribution < -0.4 is 11.3 Å². The van der Waals surface area contributed by atoms with Crippen LogP contribution >= 0.6 is 9.03 Å². The second kappa shape index (κ2) is 5.66. The minimum Gasteiger partial charge on any atom is -0.390 e. The Morgan fingerprint density at radius 3 is 3.24 bits per heavy atom. The Bertz CT molecular complexity index is 703. The Labute approximate surface area is 119 Å². The van der Waals surface area contributed by atoms with Crippen molar-refractivity contribution in [2.24, 2.45) is 0 Å². The molecule has 11 heteroatoms. The fraction of sp³-hybridized carbons (Fsp3) is 0.500. The monoisotopic (exact) mass is 315 g/mol. The van der Waals surface area contributed by atoms with Crippen LogP contribution in [0.4, 0.5) is 5.95 Å². The minimum atomic E-state index is -0.747. The van der Waals surface area contributed by atoms with E-state index in [1.165, 1.54) is 6.33 Å². The molecule has 1 fully saturated rings. The van der Waals surface area contributed by atoms with Gasteiger partial charge in [0, 0.05) is 6.42 Å². The third-order valence-electron chi connectivity index (χ3n) is 3.28. The van der Waals surface area contributed by atoms with Gasteiger partial charge in [0.15, 0.2) is 20.2 Å². The Balaban J connectivity index is 1.90. The summed E-state index contributed by atoms with van der Waals surface area (Å²) in [7, 11) is -0.665. The molecule has 0 aliphatic carbocycles. The van der Waals surface area contributed by atoms with Gasteiger partial charge in [0.2, 0.25) is 5.95 Å². The summed E-state index contributed by atoms with van der Waals surface area (Å²) in [6.45, 7) is 0.0788. The molecule has 0 aromatic carbocycles. The zero-order chi connectivity index (χ0) is 15.0. The Hall–Kier alpha value is -1.58. The van der Waals surface area contributed by atoms with Crippen LogP contribution in [0.2, 0.25) is 0 Å². The molecule has 3 rings (SSSR count). The van der Waals surface area contributed by atoms with Gasteiger partial charge in [0.1, 0.15) is 12.3 Å². The van der Waals surface area contributed by atoms with Gasteiger partial charge in [-0.2, -0.15) is 4.98 Å². The number of aliphatic hydroxyl groups is 1. The largest absolute Gasteiger partial charge is 0.390 e. The molecule has 1 saturated heterocycles. The summed E-state index contributed by atoms with van der Waals surface area (Å²) >= 11 is 0. The van der Waals surface area contributed by atoms with Crippen LogP contribution in [0.3, 0.4) is 0 Å². The molecule has 1 aliphatic heterocycles. The number of hydrogen-bond donors (Lipinski definition) is 4. The first-order valence-electron chi connectivity index (χ1n) is 6.17. The first-order valence-corrected chi connectivity index (χ1v) is 7.02. The maximum atomic E-state index is 11.7. The molecule has 2 aromatic rings. The van der Waals surface area contributed by atoms with Crippen molar-refractivity contribution in [3.63, 3.8) is 0 Å². The van der Waals surface area contributed by atoms with Crippen molar-refractivity contribution in [3.05, 3.63) is 16.7 Å². The molecule has 5 N–H and O–H groups in total. The van der Waals surface area contributed by atoms with Crippen LogP contribution in [-0.4, -0.2) is 48.3 Å². The van der Waals surface area contributed by atoms with E-state index in [-0.39, 0.29) is 18.1 Å². The maximum absolute atomic E-state index is 11.7. The highest BCUT2D eigenvalue weighted by Gasteiger charge is 2.36. The van der Waals surface area contributed by atoms with Gasteiger partial charge in [-0.1, -0.05) is 0 Å². The molecule has 3 heterocycles. The van der Waals surface area contributed by atoms with Crippen molar-refractivity contribution >= 4 is 26.1 Å². The summed E-state index contributed by atoms with van der Waals surface area (Å²) in [5, 5.41) is 9.94. The van der Waals surface area contributed by atoms with Gasteiger partial charge in [0.05, 0.1) is 19.0 Å². The van der Waals surface area contributed by atoms with Gasteiger partial charge >= 0.3 is 0 Å². The molecule has 0 saturated carbocycles. The van der Waals surface area contributed by atoms with Crippen molar-refractivity contribution in [2.45, 2.75) is 24.9 Å². The average molecular weight is 315 g/mol. The van der Waals surface area contributed by atoms with E-state index in [2.05, 4.69) is 15.0 Å². The van der Waals surface area contributed by atoms with Gasteiger partial charge in [-0.15, -0.1) is 0 Å². The molecule has 0 amide bonds. The molecule has 114 valence electrons. The minimum absolute atomic E-state index is 0.0193. The van der Waals surface area contributed by atoms with Crippen LogP contribution in [0, 0.1) is 0 Å². The lowest BCUT2D eigenvalue weighted by atomic mass is 10.2. The third-order valence-corrected chi connectivity index (χ3v) is 3.57. The standard InChI is InChI=1S/C10H14N5O5P/c11-10-13-8-7(9(17)14-10)12-3-15(8)6-1-4(16)5(20-6)2-19-21-18/h3-6,16,18,21H,1-2H2,(H3,11,13,14,17)/t4-,5?,6-/m1/s1. The molecule has 0 radical (unpaired) electrons. The molecule has 2 aromatic heterocycles. The molecule has 2 unspecified atom stereocenters. The second-order valence-corrected chi connectivity index (χ2v) is 5.08. The highest BCUT2D eigenvalue weighted by molar-refractivity contribution is 7.24. The number of fused-ring (bicyclic) bond motifs is 1. The lowest BCUT2D eigenvalue weighted by Crippen LogP contribution is -2.25. The molecule has 10 nitrogen and oxygen atoms in total. The maximum Gasteiger partial charge on any atom is 0.280 e. The lowest BCUT2D eigenvalue weighted by molar-refractivity contribution is -0.0370. The predicted molar refractivity (Wildman–Crippen MR) is 73.6 cm³/mol. The number of nitrogens with zero attached hydrogens (tertiary/aromatic N) is 3. The molecular formula is C10H14N5O5P. The summed E-state index contributed by atoms with van der Waals surface area (Å²) in [6, 6.07) is 0. The number of nitrogen functional groups attached to an aromatic ring is 1. The van der Waals surface area contributed by atoms with Gasteiger partial charge < -0.3 is 25.0 Å². The number of aliphatic hydroxyl groups excluding tert-OH is 1. The number of rotatable bonds is 4. The first kappa shape index (κ1) is 14.4. The number of H-pyrrole nitrogens is 1. The normalized spacial score (nSPS) is 26.3. The molecule has 4 atom stereocenters. The van der Waals surface area contributed by atoms with Crippen molar-refractivity contribution in [1.82, 2.24) is 19.5 Å². The number of imidazole rings is 1. The summed E-state index contributed by atoms with van der Waals surface area (Å²) in [4.78, 5) is 30.8. The quantitative estimate of drug-likeness (QED) is 0.518. The van der Waals surface area contributed by atoms with E-state index in [1.807, 2.05) is 0 Å². The summed E-state index contributed by atoms with van der Waals surface area (Å²) in [5.74, 6) is -0.0193. The van der Waals surface area contributed by atoms with Gasteiger partial charge in [-0.05, 0) is 0 Å². The Kier molecular flexibility index (Phi) is 3.87. The molecule has 1 aliphatic rings. The van der Waals surface area contributed by atoms with Crippen molar-refractivity contribution in [2.75, 3.05) is 12.3 Å². The number of aromatic nitrogens is 4. The van der Waals surface area contributed by atoms with Crippen molar-refractivity contribution in [1.29, 1.82) is 0 Å². The fourth-order valence-corrected chi connectivity index (χ4v) is 2.55. The average Bonchev–Trinajstić information content (AvgIpc) is 3.00. The number of nitrogens with two attached hydrogens (primary N) is 1. The van der Waals surface area contributed by atoms with Crippen molar-refractivity contribution in [3.8, 4) is 0 Å². The van der Waals surface area contributed by atoms with Gasteiger partial charge in [-0.3, -0.25) is 14.3 Å². The van der Waals surface area contributed by atoms with E-state index in [0.29, 0.717) is 12.1 Å². The third kappa shape index (κ3) is 2.63. The molecule has 0 spiro atoms. The summed E-state index contributed by atoms with van der Waals surface area (Å²) in [5.41, 5.74) is 5.54. The van der Waals surface area contributed by atoms with E-state index in [0.717, 1.165) is 0 Å². The zero-order valence-electron chi connectivity index (χ0n) is 10.8. The van der Waals surface area contributed by atoms with Crippen LogP contribution in [0.15, 0.2) is 11.1 Å². The number of aromatic amines is 1. The van der Waals surface area contributed by atoms with Crippen molar-refractivity contribution < 1.29 is 19.3 Å². The second-order valence-electron chi connectivity index (χ2n) is 4.61. The van der Waals surface area contributed by atoms with Gasteiger partial charge in [-0.25, -0.2) is 4.98 Å². The van der Waals surface area contributed by atoms with Crippen LogP contribution in [0.5, 0.6) is 0 Å². The highest BCUT2D eigenvalue weighted by atomic mass is 31.1. The number of hydrogen-bond acceptors (Lipinski definition) is 8. The molecule has 21 heavy (non-hydrogen) atoms. The van der Waals surface area contributed by atoms with Gasteiger partial charge in [0.25, 0.3) is 5.56 Å². The predicted octanol–water partition coefficient (Wildman–Crippen LogP) is -1.13. The zero-order valence-corrected chi connectivity index (χ0v) is 11.8. The van der Waals surface area contributed by atoms with Crippen LogP contribution in [0.1, 0.15) is 12.6 Å². The van der Waals surface area contributed by atoms with Crippen LogP contribution in [0.25, 0.3) is 11.2 Å². The number of anilines is 1.